The Balaban J connectivity index is 0.00000676. The number of hydrogen-bond acceptors (Lipinski definition) is 4. The minimum absolute atomic E-state index is 0. The van der Waals surface area contributed by atoms with Gasteiger partial charge in [0.25, 0.3) is 0 Å². The highest BCUT2D eigenvalue weighted by Gasteiger charge is 2.20. The van der Waals surface area contributed by atoms with Crippen LogP contribution in [0.3, 0.4) is 0 Å². The molecule has 0 unspecified atom stereocenters. The quantitative estimate of drug-likeness (QED) is 0.228. The Labute approximate surface area is 182 Å². The summed E-state index contributed by atoms with van der Waals surface area (Å²) in [6.45, 7) is 11.8. The van der Waals surface area contributed by atoms with Gasteiger partial charge >= 0.3 is 0 Å². The van der Waals surface area contributed by atoms with Gasteiger partial charge in [-0.05, 0) is 53.4 Å². The fraction of sp³-hybridized carbons (Fsp3) is 0.650. The van der Waals surface area contributed by atoms with Crippen molar-refractivity contribution in [2.75, 3.05) is 47.5 Å². The van der Waals surface area contributed by atoms with Crippen molar-refractivity contribution in [3.63, 3.8) is 0 Å². The molecule has 0 aromatic heterocycles. The molecule has 0 amide bonds. The molecule has 0 radical (unpaired) electrons. The number of halogens is 1. The van der Waals surface area contributed by atoms with E-state index in [1.165, 1.54) is 5.56 Å². The molecule has 7 heteroatoms. The minimum Gasteiger partial charge on any atom is -0.491 e. The molecule has 0 aliphatic rings. The van der Waals surface area contributed by atoms with Gasteiger partial charge in [-0.25, -0.2) is 4.99 Å². The maximum Gasteiger partial charge on any atom is 0.191 e. The number of likely N-dealkylation sites (N-methyl/N-ethyl adjacent to an activating group) is 1. The highest BCUT2D eigenvalue weighted by Crippen LogP contribution is 2.21. The maximum atomic E-state index is 5.85. The van der Waals surface area contributed by atoms with Crippen LogP contribution in [-0.4, -0.2) is 63.9 Å². The van der Waals surface area contributed by atoms with Crippen molar-refractivity contribution in [2.24, 2.45) is 4.99 Å². The van der Waals surface area contributed by atoms with Crippen molar-refractivity contribution in [1.82, 2.24) is 15.5 Å². The van der Waals surface area contributed by atoms with E-state index in [4.69, 9.17) is 14.5 Å². The van der Waals surface area contributed by atoms with Crippen LogP contribution < -0.4 is 15.4 Å². The highest BCUT2D eigenvalue weighted by atomic mass is 127. The van der Waals surface area contributed by atoms with E-state index in [0.717, 1.165) is 30.4 Å². The molecule has 1 aromatic carbocycles. The van der Waals surface area contributed by atoms with Gasteiger partial charge in [0, 0.05) is 31.3 Å². The number of nitrogens with zero attached hydrogens (tertiary/aromatic N) is 2. The first-order chi connectivity index (χ1) is 12.3. The van der Waals surface area contributed by atoms with E-state index in [1.54, 1.807) is 7.11 Å². The van der Waals surface area contributed by atoms with Crippen LogP contribution in [0, 0.1) is 6.92 Å². The molecular weight excluding hydrogens is 455 g/mol. The molecule has 1 aromatic rings. The molecule has 27 heavy (non-hydrogen) atoms. The number of methoxy groups -OCH3 is 1. The number of aliphatic imine (C=N–C) groups is 1. The number of nitrogens with one attached hydrogen (secondary N) is 2. The summed E-state index contributed by atoms with van der Waals surface area (Å²) in [7, 11) is 5.84. The lowest BCUT2D eigenvalue weighted by Gasteiger charge is -2.33. The molecule has 0 saturated heterocycles. The number of aryl methyl sites for hydroxylation is 1. The number of benzene rings is 1. The molecule has 0 saturated carbocycles. The van der Waals surface area contributed by atoms with Crippen molar-refractivity contribution in [2.45, 2.75) is 39.8 Å². The topological polar surface area (TPSA) is 58.1 Å². The van der Waals surface area contributed by atoms with E-state index in [9.17, 15) is 0 Å². The molecule has 0 bridgehead atoms. The van der Waals surface area contributed by atoms with Crippen LogP contribution in [0.15, 0.2) is 23.2 Å². The van der Waals surface area contributed by atoms with Gasteiger partial charge in [-0.3, -0.25) is 0 Å². The molecule has 0 aliphatic heterocycles. The third kappa shape index (κ3) is 9.62. The molecule has 0 fully saturated rings. The second-order valence-corrected chi connectivity index (χ2v) is 7.21. The van der Waals surface area contributed by atoms with E-state index in [1.807, 2.05) is 0 Å². The zero-order chi connectivity index (χ0) is 19.6. The van der Waals surface area contributed by atoms with E-state index >= 15 is 0 Å². The summed E-state index contributed by atoms with van der Waals surface area (Å²) in [5.41, 5.74) is 2.27. The minimum atomic E-state index is 0. The SMILES string of the molecule is CCNC(=NCc1ccc(C)cc1OCCOC)NCC(C)(C)N(C)C.I. The van der Waals surface area contributed by atoms with Crippen LogP contribution in [0.1, 0.15) is 31.9 Å². The Morgan fingerprint density at radius 3 is 2.48 bits per heavy atom. The largest absolute Gasteiger partial charge is 0.491 e. The fourth-order valence-electron chi connectivity index (χ4n) is 2.13. The smallest absolute Gasteiger partial charge is 0.191 e. The Hall–Kier alpha value is -1.06. The number of guanidine groups is 1. The average molecular weight is 492 g/mol. The van der Waals surface area contributed by atoms with Crippen LogP contribution in [0.4, 0.5) is 0 Å². The van der Waals surface area contributed by atoms with Gasteiger partial charge in [0.05, 0.1) is 13.2 Å². The predicted molar refractivity (Wildman–Crippen MR) is 125 cm³/mol. The lowest BCUT2D eigenvalue weighted by atomic mass is 10.0. The standard InChI is InChI=1S/C20H36N4O2.HI/c1-8-21-19(23-15-20(3,4)24(5)6)22-14-17-10-9-16(2)13-18(17)26-12-11-25-7;/h9-10,13H,8,11-12,14-15H2,1-7H3,(H2,21,22,23);1H. The lowest BCUT2D eigenvalue weighted by molar-refractivity contribution is 0.145. The fourth-order valence-corrected chi connectivity index (χ4v) is 2.13. The van der Waals surface area contributed by atoms with Gasteiger partial charge in [0.1, 0.15) is 12.4 Å². The third-order valence-corrected chi connectivity index (χ3v) is 4.42. The molecule has 1 rings (SSSR count). The monoisotopic (exact) mass is 492 g/mol. The summed E-state index contributed by atoms with van der Waals surface area (Å²) in [5.74, 6) is 1.68. The zero-order valence-corrected chi connectivity index (χ0v) is 20.2. The molecule has 2 N–H and O–H groups in total. The summed E-state index contributed by atoms with van der Waals surface area (Å²) in [4.78, 5) is 6.93. The van der Waals surface area contributed by atoms with E-state index in [2.05, 4.69) is 75.5 Å². The number of ether oxygens (including phenoxy) is 2. The summed E-state index contributed by atoms with van der Waals surface area (Å²) >= 11 is 0. The van der Waals surface area contributed by atoms with Crippen LogP contribution in [0.5, 0.6) is 5.75 Å². The number of rotatable bonds is 10. The first-order valence-electron chi connectivity index (χ1n) is 9.21. The lowest BCUT2D eigenvalue weighted by Crippen LogP contribution is -2.50. The number of hydrogen-bond donors (Lipinski definition) is 2. The molecule has 0 aliphatic carbocycles. The first kappa shape index (κ1) is 25.9. The van der Waals surface area contributed by atoms with Gasteiger partial charge in [-0.1, -0.05) is 12.1 Å². The Kier molecular flexibility index (Phi) is 12.7. The van der Waals surface area contributed by atoms with E-state index in [-0.39, 0.29) is 29.5 Å². The van der Waals surface area contributed by atoms with Crippen LogP contribution in [0.2, 0.25) is 0 Å². The first-order valence-corrected chi connectivity index (χ1v) is 9.21. The van der Waals surface area contributed by atoms with Gasteiger partial charge < -0.3 is 25.0 Å². The second-order valence-electron chi connectivity index (χ2n) is 7.21. The zero-order valence-electron chi connectivity index (χ0n) is 17.9. The van der Waals surface area contributed by atoms with Crippen LogP contribution in [-0.2, 0) is 11.3 Å². The van der Waals surface area contributed by atoms with Crippen molar-refractivity contribution >= 4 is 29.9 Å². The summed E-state index contributed by atoms with van der Waals surface area (Å²) in [5, 5.41) is 6.74. The second kappa shape index (κ2) is 13.2. The highest BCUT2D eigenvalue weighted by molar-refractivity contribution is 14.0. The maximum absolute atomic E-state index is 5.85. The van der Waals surface area contributed by atoms with E-state index in [0.29, 0.717) is 19.8 Å². The van der Waals surface area contributed by atoms with Crippen molar-refractivity contribution in [3.8, 4) is 5.75 Å². The van der Waals surface area contributed by atoms with Crippen molar-refractivity contribution in [3.05, 3.63) is 29.3 Å². The Morgan fingerprint density at radius 1 is 1.19 bits per heavy atom. The molecule has 0 heterocycles. The van der Waals surface area contributed by atoms with Crippen molar-refractivity contribution in [1.29, 1.82) is 0 Å². The van der Waals surface area contributed by atoms with Crippen LogP contribution >= 0.6 is 24.0 Å². The summed E-state index contributed by atoms with van der Waals surface area (Å²) in [6, 6.07) is 6.22. The molecule has 0 atom stereocenters. The van der Waals surface area contributed by atoms with Gasteiger partial charge in [0.15, 0.2) is 5.96 Å². The molecule has 0 spiro atoms. The normalized spacial score (nSPS) is 11.9. The predicted octanol–water partition coefficient (Wildman–Crippen LogP) is 3.03. The summed E-state index contributed by atoms with van der Waals surface area (Å²) in [6.07, 6.45) is 0. The molecular formula is C20H37IN4O2. The van der Waals surface area contributed by atoms with Gasteiger partial charge in [-0.15, -0.1) is 24.0 Å². The summed E-state index contributed by atoms with van der Waals surface area (Å²) < 4.78 is 10.9. The molecule has 156 valence electrons. The molecule has 6 nitrogen and oxygen atoms in total. The Bertz CT molecular complexity index is 577. The van der Waals surface area contributed by atoms with Gasteiger partial charge in [0.2, 0.25) is 0 Å². The Morgan fingerprint density at radius 2 is 1.89 bits per heavy atom. The average Bonchev–Trinajstić information content (AvgIpc) is 2.58. The van der Waals surface area contributed by atoms with E-state index < -0.39 is 0 Å². The third-order valence-electron chi connectivity index (χ3n) is 4.42. The van der Waals surface area contributed by atoms with Crippen LogP contribution in [0.25, 0.3) is 0 Å². The van der Waals surface area contributed by atoms with Gasteiger partial charge in [-0.2, -0.15) is 0 Å². The van der Waals surface area contributed by atoms with Crippen molar-refractivity contribution < 1.29 is 9.47 Å².